The molecule has 1 atom stereocenters. The van der Waals surface area contributed by atoms with Crippen LogP contribution < -0.4 is 9.75 Å². The first kappa shape index (κ1) is 20.0. The molecule has 4 aromatic carbocycles. The molecule has 0 saturated heterocycles. The molecule has 0 aromatic heterocycles. The largest absolute Gasteiger partial charge is 0.454 e. The third-order valence-corrected chi connectivity index (χ3v) is 5.63. The lowest BCUT2D eigenvalue weighted by molar-refractivity contribution is 0.441. The Morgan fingerprint density at radius 3 is 2.22 bits per heavy atom. The van der Waals surface area contributed by atoms with Gasteiger partial charge in [-0.05, 0) is 54.4 Å². The van der Waals surface area contributed by atoms with Crippen molar-refractivity contribution >= 4 is 11.4 Å². The highest BCUT2D eigenvalue weighted by Gasteiger charge is 2.30. The molecular formula is C28H23FN2O. The first-order valence-corrected chi connectivity index (χ1v) is 10.7. The van der Waals surface area contributed by atoms with E-state index in [0.717, 1.165) is 22.5 Å². The summed E-state index contributed by atoms with van der Waals surface area (Å²) in [6.07, 6.45) is 0.691. The van der Waals surface area contributed by atoms with Crippen molar-refractivity contribution in [3.8, 4) is 11.5 Å². The van der Waals surface area contributed by atoms with Gasteiger partial charge in [-0.15, -0.1) is 0 Å². The van der Waals surface area contributed by atoms with Crippen molar-refractivity contribution in [2.45, 2.75) is 19.4 Å². The van der Waals surface area contributed by atoms with Crippen molar-refractivity contribution in [3.63, 3.8) is 0 Å². The molecule has 0 aliphatic carbocycles. The van der Waals surface area contributed by atoms with Gasteiger partial charge < -0.3 is 4.74 Å². The number of anilines is 1. The molecule has 0 spiro atoms. The van der Waals surface area contributed by atoms with Crippen LogP contribution in [0.2, 0.25) is 0 Å². The number of ether oxygens (including phenoxy) is 1. The van der Waals surface area contributed by atoms with E-state index in [2.05, 4.69) is 31.2 Å². The molecule has 4 aromatic rings. The number of benzene rings is 4. The van der Waals surface area contributed by atoms with Crippen LogP contribution in [0.1, 0.15) is 29.2 Å². The Morgan fingerprint density at radius 1 is 0.844 bits per heavy atom. The van der Waals surface area contributed by atoms with Crippen molar-refractivity contribution < 1.29 is 9.13 Å². The molecule has 0 radical (unpaired) electrons. The number of hydrogen-bond acceptors (Lipinski definition) is 3. The SMILES string of the molecule is Cc1ccc(C2=NN(c3ccccc3)C(c3ccc(Oc4ccccc4)c(F)c3)C2)cc1. The van der Waals surface area contributed by atoms with Gasteiger partial charge in [0.05, 0.1) is 17.4 Å². The normalized spacial score (nSPS) is 15.5. The fourth-order valence-corrected chi connectivity index (χ4v) is 3.93. The number of halogens is 1. The molecule has 1 unspecified atom stereocenters. The van der Waals surface area contributed by atoms with E-state index in [1.165, 1.54) is 5.56 Å². The number of hydrogen-bond donors (Lipinski definition) is 0. The van der Waals surface area contributed by atoms with Gasteiger partial charge in [0, 0.05) is 6.42 Å². The smallest absolute Gasteiger partial charge is 0.166 e. The van der Waals surface area contributed by atoms with E-state index in [4.69, 9.17) is 9.84 Å². The minimum atomic E-state index is -0.386. The number of aryl methyl sites for hydroxylation is 1. The monoisotopic (exact) mass is 422 g/mol. The van der Waals surface area contributed by atoms with Crippen molar-refractivity contribution in [2.75, 3.05) is 5.01 Å². The van der Waals surface area contributed by atoms with E-state index in [1.54, 1.807) is 12.1 Å². The van der Waals surface area contributed by atoms with Gasteiger partial charge in [-0.25, -0.2) is 4.39 Å². The molecule has 1 heterocycles. The lowest BCUT2D eigenvalue weighted by atomic mass is 9.97. The van der Waals surface area contributed by atoms with Gasteiger partial charge in [-0.1, -0.05) is 72.3 Å². The maximum Gasteiger partial charge on any atom is 0.166 e. The molecule has 1 aliphatic heterocycles. The summed E-state index contributed by atoms with van der Waals surface area (Å²) in [6, 6.07) is 32.7. The Labute approximate surface area is 187 Å². The van der Waals surface area contributed by atoms with E-state index < -0.39 is 0 Å². The van der Waals surface area contributed by atoms with Gasteiger partial charge in [0.2, 0.25) is 0 Å². The Kier molecular flexibility index (Phi) is 5.42. The van der Waals surface area contributed by atoms with E-state index in [9.17, 15) is 0 Å². The highest BCUT2D eigenvalue weighted by molar-refractivity contribution is 6.03. The summed E-state index contributed by atoms with van der Waals surface area (Å²) in [6.45, 7) is 2.07. The summed E-state index contributed by atoms with van der Waals surface area (Å²) in [5, 5.41) is 6.92. The molecule has 0 fully saturated rings. The van der Waals surface area contributed by atoms with E-state index >= 15 is 4.39 Å². The Morgan fingerprint density at radius 2 is 1.53 bits per heavy atom. The Balaban J connectivity index is 1.47. The molecule has 1 aliphatic rings. The average molecular weight is 423 g/mol. The van der Waals surface area contributed by atoms with Crippen LogP contribution in [0.4, 0.5) is 10.1 Å². The summed E-state index contributed by atoms with van der Waals surface area (Å²) in [4.78, 5) is 0. The number of rotatable bonds is 5. The molecule has 5 rings (SSSR count). The third kappa shape index (κ3) is 4.12. The molecule has 0 bridgehead atoms. The number of para-hydroxylation sites is 2. The van der Waals surface area contributed by atoms with Gasteiger partial charge >= 0.3 is 0 Å². The summed E-state index contributed by atoms with van der Waals surface area (Å²) in [7, 11) is 0. The Hall–Kier alpha value is -3.92. The number of nitrogens with zero attached hydrogens (tertiary/aromatic N) is 2. The van der Waals surface area contributed by atoms with Crippen LogP contribution in [0.25, 0.3) is 0 Å². The molecule has 0 N–H and O–H groups in total. The zero-order valence-electron chi connectivity index (χ0n) is 17.8. The fourth-order valence-electron chi connectivity index (χ4n) is 3.93. The first-order chi connectivity index (χ1) is 15.7. The van der Waals surface area contributed by atoms with Crippen molar-refractivity contribution in [1.29, 1.82) is 0 Å². The van der Waals surface area contributed by atoms with E-state index in [0.29, 0.717) is 12.2 Å². The van der Waals surface area contributed by atoms with Crippen LogP contribution in [-0.4, -0.2) is 5.71 Å². The van der Waals surface area contributed by atoms with Crippen molar-refractivity contribution in [2.24, 2.45) is 5.10 Å². The van der Waals surface area contributed by atoms with Crippen molar-refractivity contribution in [1.82, 2.24) is 0 Å². The molecule has 3 nitrogen and oxygen atoms in total. The van der Waals surface area contributed by atoms with Gasteiger partial charge in [-0.2, -0.15) is 5.10 Å². The highest BCUT2D eigenvalue weighted by atomic mass is 19.1. The van der Waals surface area contributed by atoms with Gasteiger partial charge in [0.25, 0.3) is 0 Å². The zero-order valence-corrected chi connectivity index (χ0v) is 17.8. The van der Waals surface area contributed by atoms with E-state index in [1.807, 2.05) is 71.7 Å². The molecule has 32 heavy (non-hydrogen) atoms. The number of hydrazone groups is 1. The van der Waals surface area contributed by atoms with Gasteiger partial charge in [0.15, 0.2) is 11.6 Å². The fraction of sp³-hybridized carbons (Fsp3) is 0.107. The maximum absolute atomic E-state index is 15.0. The minimum Gasteiger partial charge on any atom is -0.454 e. The summed E-state index contributed by atoms with van der Waals surface area (Å²) >= 11 is 0. The lowest BCUT2D eigenvalue weighted by Gasteiger charge is -2.24. The average Bonchev–Trinajstić information content (AvgIpc) is 3.28. The van der Waals surface area contributed by atoms with Crippen LogP contribution in [0.15, 0.2) is 108 Å². The predicted molar refractivity (Wildman–Crippen MR) is 127 cm³/mol. The maximum atomic E-state index is 15.0. The highest BCUT2D eigenvalue weighted by Crippen LogP contribution is 2.38. The molecule has 4 heteroatoms. The zero-order chi connectivity index (χ0) is 21.9. The molecular weight excluding hydrogens is 399 g/mol. The second-order valence-electron chi connectivity index (χ2n) is 7.92. The summed E-state index contributed by atoms with van der Waals surface area (Å²) < 4.78 is 20.7. The summed E-state index contributed by atoms with van der Waals surface area (Å²) in [5.74, 6) is 0.433. The standard InChI is InChI=1S/C28H23FN2O/c1-20-12-14-21(15-13-20)26-19-27(31(30-26)23-8-4-2-5-9-23)22-16-17-28(25(29)18-22)32-24-10-6-3-7-11-24/h2-18,27H,19H2,1H3. The third-order valence-electron chi connectivity index (χ3n) is 5.63. The molecule has 0 amide bonds. The summed E-state index contributed by atoms with van der Waals surface area (Å²) in [5.41, 5.74) is 5.12. The lowest BCUT2D eigenvalue weighted by Crippen LogP contribution is -2.18. The van der Waals surface area contributed by atoms with E-state index in [-0.39, 0.29) is 17.6 Å². The van der Waals surface area contributed by atoms with Crippen LogP contribution in [0, 0.1) is 12.7 Å². The van der Waals surface area contributed by atoms with Gasteiger partial charge in [-0.3, -0.25) is 5.01 Å². The topological polar surface area (TPSA) is 24.8 Å². The molecule has 158 valence electrons. The van der Waals surface area contributed by atoms with Crippen LogP contribution in [0.5, 0.6) is 11.5 Å². The van der Waals surface area contributed by atoms with Gasteiger partial charge in [0.1, 0.15) is 5.75 Å². The van der Waals surface area contributed by atoms with Crippen LogP contribution in [0.3, 0.4) is 0 Å². The predicted octanol–water partition coefficient (Wildman–Crippen LogP) is 7.28. The minimum absolute atomic E-state index is 0.103. The van der Waals surface area contributed by atoms with Crippen LogP contribution >= 0.6 is 0 Å². The van der Waals surface area contributed by atoms with Crippen molar-refractivity contribution in [3.05, 3.63) is 126 Å². The quantitative estimate of drug-likeness (QED) is 0.337. The molecule has 0 saturated carbocycles. The van der Waals surface area contributed by atoms with Crippen LogP contribution in [-0.2, 0) is 0 Å². The second kappa shape index (κ2) is 8.67. The first-order valence-electron chi connectivity index (χ1n) is 10.7. The Bertz CT molecular complexity index is 1240. The second-order valence-corrected chi connectivity index (χ2v) is 7.92.